The third-order valence-corrected chi connectivity index (χ3v) is 5.32. The molecule has 0 saturated heterocycles. The molecule has 0 amide bonds. The van der Waals surface area contributed by atoms with Crippen LogP contribution in [0, 0.1) is 5.92 Å². The van der Waals surface area contributed by atoms with Crippen LogP contribution in [0.3, 0.4) is 0 Å². The van der Waals surface area contributed by atoms with Gasteiger partial charge in [-0.3, -0.25) is 0 Å². The van der Waals surface area contributed by atoms with E-state index >= 15 is 0 Å². The van der Waals surface area contributed by atoms with E-state index < -0.39 is 0 Å². The molecule has 0 bridgehead atoms. The molecule has 0 heterocycles. The number of hydrogen-bond donors (Lipinski definition) is 2. The van der Waals surface area contributed by atoms with Crippen molar-refractivity contribution in [2.75, 3.05) is 0 Å². The first kappa shape index (κ1) is 15.9. The molecule has 1 fully saturated rings. The average Bonchev–Trinajstić information content (AvgIpc) is 2.60. The molecule has 0 aromatic rings. The van der Waals surface area contributed by atoms with Gasteiger partial charge in [0.25, 0.3) is 0 Å². The van der Waals surface area contributed by atoms with Gasteiger partial charge < -0.3 is 11.5 Å². The Morgan fingerprint density at radius 3 is 1.95 bits per heavy atom. The SMILES string of the molecule is N/C1=C(\C2CCCCCCCC2N)CCCCCCC1. The third-order valence-electron chi connectivity index (χ3n) is 5.32. The fourth-order valence-electron chi connectivity index (χ4n) is 4.03. The van der Waals surface area contributed by atoms with Gasteiger partial charge in [-0.15, -0.1) is 0 Å². The van der Waals surface area contributed by atoms with E-state index in [0.29, 0.717) is 12.0 Å². The smallest absolute Gasteiger partial charge is 0.0105 e. The molecule has 2 atom stereocenters. The summed E-state index contributed by atoms with van der Waals surface area (Å²) in [5.74, 6) is 0.575. The van der Waals surface area contributed by atoms with Gasteiger partial charge in [0.05, 0.1) is 0 Å². The van der Waals surface area contributed by atoms with E-state index in [9.17, 15) is 0 Å². The van der Waals surface area contributed by atoms with Crippen LogP contribution in [-0.2, 0) is 0 Å². The van der Waals surface area contributed by atoms with E-state index in [4.69, 9.17) is 11.5 Å². The zero-order valence-electron chi connectivity index (χ0n) is 13.2. The van der Waals surface area contributed by atoms with Gasteiger partial charge in [0.2, 0.25) is 0 Å². The van der Waals surface area contributed by atoms with Crippen molar-refractivity contribution in [2.45, 2.75) is 95.9 Å². The number of allylic oxidation sites excluding steroid dienone is 1. The topological polar surface area (TPSA) is 52.0 Å². The van der Waals surface area contributed by atoms with Gasteiger partial charge in [-0.05, 0) is 50.0 Å². The first-order valence-corrected chi connectivity index (χ1v) is 9.02. The van der Waals surface area contributed by atoms with Gasteiger partial charge in [-0.25, -0.2) is 0 Å². The minimum atomic E-state index is 0.349. The zero-order valence-corrected chi connectivity index (χ0v) is 13.2. The van der Waals surface area contributed by atoms with Crippen LogP contribution in [-0.4, -0.2) is 6.04 Å². The summed E-state index contributed by atoms with van der Waals surface area (Å²) in [5, 5.41) is 0. The summed E-state index contributed by atoms with van der Waals surface area (Å²) in [6.07, 6.45) is 18.3. The van der Waals surface area contributed by atoms with Gasteiger partial charge >= 0.3 is 0 Å². The van der Waals surface area contributed by atoms with Crippen molar-refractivity contribution in [3.8, 4) is 0 Å². The molecule has 116 valence electrons. The van der Waals surface area contributed by atoms with E-state index in [0.717, 1.165) is 6.42 Å². The number of nitrogens with two attached hydrogens (primary N) is 2. The molecule has 2 aliphatic carbocycles. The molecule has 0 spiro atoms. The molecule has 4 N–H and O–H groups in total. The molecule has 2 unspecified atom stereocenters. The highest BCUT2D eigenvalue weighted by atomic mass is 14.7. The van der Waals surface area contributed by atoms with Crippen LogP contribution < -0.4 is 11.5 Å². The molecule has 0 aromatic heterocycles. The minimum Gasteiger partial charge on any atom is -0.402 e. The van der Waals surface area contributed by atoms with Crippen LogP contribution in [0.4, 0.5) is 0 Å². The first-order chi connectivity index (χ1) is 9.79. The molecule has 0 aliphatic heterocycles. The molecule has 0 aromatic carbocycles. The number of hydrogen-bond acceptors (Lipinski definition) is 2. The summed E-state index contributed by atoms with van der Waals surface area (Å²) in [7, 11) is 0. The molecule has 2 heteroatoms. The van der Waals surface area contributed by atoms with Gasteiger partial charge in [0.1, 0.15) is 0 Å². The molecule has 2 rings (SSSR count). The van der Waals surface area contributed by atoms with Crippen LogP contribution in [0.1, 0.15) is 89.9 Å². The number of rotatable bonds is 1. The normalized spacial score (nSPS) is 35.0. The van der Waals surface area contributed by atoms with E-state index in [1.807, 2.05) is 0 Å². The third kappa shape index (κ3) is 4.80. The molecule has 2 aliphatic rings. The summed E-state index contributed by atoms with van der Waals surface area (Å²) in [4.78, 5) is 0. The van der Waals surface area contributed by atoms with Crippen molar-refractivity contribution in [3.05, 3.63) is 11.3 Å². The Morgan fingerprint density at radius 2 is 1.20 bits per heavy atom. The highest BCUT2D eigenvalue weighted by molar-refractivity contribution is 5.17. The highest BCUT2D eigenvalue weighted by Gasteiger charge is 2.24. The van der Waals surface area contributed by atoms with E-state index in [2.05, 4.69) is 0 Å². The summed E-state index contributed by atoms with van der Waals surface area (Å²) in [5.41, 5.74) is 15.8. The fourth-order valence-corrected chi connectivity index (χ4v) is 4.03. The van der Waals surface area contributed by atoms with Crippen LogP contribution in [0.5, 0.6) is 0 Å². The Hall–Kier alpha value is -0.500. The maximum atomic E-state index is 6.55. The van der Waals surface area contributed by atoms with Gasteiger partial charge in [-0.1, -0.05) is 51.4 Å². The molecule has 2 nitrogen and oxygen atoms in total. The van der Waals surface area contributed by atoms with Crippen LogP contribution >= 0.6 is 0 Å². The van der Waals surface area contributed by atoms with Gasteiger partial charge in [0.15, 0.2) is 0 Å². The van der Waals surface area contributed by atoms with Crippen LogP contribution in [0.15, 0.2) is 11.3 Å². The van der Waals surface area contributed by atoms with E-state index in [1.165, 1.54) is 89.2 Å². The monoisotopic (exact) mass is 278 g/mol. The van der Waals surface area contributed by atoms with Crippen molar-refractivity contribution in [2.24, 2.45) is 17.4 Å². The maximum Gasteiger partial charge on any atom is 0.0105 e. The second kappa shape index (κ2) is 8.71. The molecular formula is C18H34N2. The van der Waals surface area contributed by atoms with E-state index in [1.54, 1.807) is 5.57 Å². The molecule has 0 radical (unpaired) electrons. The van der Waals surface area contributed by atoms with Crippen molar-refractivity contribution < 1.29 is 0 Å². The summed E-state index contributed by atoms with van der Waals surface area (Å²) in [6, 6.07) is 0.349. The van der Waals surface area contributed by atoms with Gasteiger partial charge in [0, 0.05) is 11.7 Å². The fraction of sp³-hybridized carbons (Fsp3) is 0.889. The Bertz CT molecular complexity index is 309. The van der Waals surface area contributed by atoms with Gasteiger partial charge in [-0.2, -0.15) is 0 Å². The average molecular weight is 278 g/mol. The van der Waals surface area contributed by atoms with Crippen molar-refractivity contribution in [1.82, 2.24) is 0 Å². The summed E-state index contributed by atoms with van der Waals surface area (Å²) < 4.78 is 0. The second-order valence-electron chi connectivity index (χ2n) is 6.93. The van der Waals surface area contributed by atoms with Crippen LogP contribution in [0.25, 0.3) is 0 Å². The lowest BCUT2D eigenvalue weighted by atomic mass is 9.82. The maximum absolute atomic E-state index is 6.55. The van der Waals surface area contributed by atoms with E-state index in [-0.39, 0.29) is 0 Å². The lowest BCUT2D eigenvalue weighted by Gasteiger charge is -2.28. The predicted octanol–water partition coefficient (Wildman–Crippen LogP) is 4.63. The molecule has 20 heavy (non-hydrogen) atoms. The Balaban J connectivity index is 2.10. The predicted molar refractivity (Wildman–Crippen MR) is 87.3 cm³/mol. The Morgan fingerprint density at radius 1 is 0.650 bits per heavy atom. The largest absolute Gasteiger partial charge is 0.402 e. The first-order valence-electron chi connectivity index (χ1n) is 9.02. The zero-order chi connectivity index (χ0) is 14.2. The quantitative estimate of drug-likeness (QED) is 0.734. The van der Waals surface area contributed by atoms with Crippen molar-refractivity contribution in [1.29, 1.82) is 0 Å². The van der Waals surface area contributed by atoms with Crippen molar-refractivity contribution >= 4 is 0 Å². The second-order valence-corrected chi connectivity index (χ2v) is 6.93. The highest BCUT2D eigenvalue weighted by Crippen LogP contribution is 2.33. The molecular weight excluding hydrogens is 244 g/mol. The Kier molecular flexibility index (Phi) is 6.92. The summed E-state index contributed by atoms with van der Waals surface area (Å²) in [6.45, 7) is 0. The van der Waals surface area contributed by atoms with Crippen LogP contribution in [0.2, 0.25) is 0 Å². The summed E-state index contributed by atoms with van der Waals surface area (Å²) >= 11 is 0. The Labute approximate surface area is 125 Å². The lowest BCUT2D eigenvalue weighted by Crippen LogP contribution is -2.32. The molecule has 1 saturated carbocycles. The standard InChI is InChI=1S/C18H34N2/c19-17-13-9-5-1-3-7-11-15(17)16-12-8-4-2-6-10-14-18(16)20/h15,17H,1-14,19-20H2/b18-16-. The lowest BCUT2D eigenvalue weighted by molar-refractivity contribution is 0.403. The van der Waals surface area contributed by atoms with Crippen molar-refractivity contribution in [3.63, 3.8) is 0 Å². The minimum absolute atomic E-state index is 0.349.